The van der Waals surface area contributed by atoms with Gasteiger partial charge in [0, 0.05) is 5.57 Å². The summed E-state index contributed by atoms with van der Waals surface area (Å²) < 4.78 is 5.14. The standard InChI is InChI=1S/C20H30O3/c1-13(2)7-5-10-19(3)11-6-12-20(4)15(19)9-8-14-16(20)18(22)23-17(14)21/h7-8,15-16,18,22H,5-6,9-12H2,1-4H3. The van der Waals surface area contributed by atoms with Crippen molar-refractivity contribution in [2.75, 3.05) is 0 Å². The number of allylic oxidation sites excluding steroid dienone is 3. The molecular weight excluding hydrogens is 288 g/mol. The minimum Gasteiger partial charge on any atom is -0.432 e. The molecule has 1 N–H and O–H groups in total. The second-order valence-electron chi connectivity index (χ2n) is 8.55. The number of carbonyl (C=O) groups is 1. The van der Waals surface area contributed by atoms with Crippen molar-refractivity contribution >= 4 is 5.97 Å². The summed E-state index contributed by atoms with van der Waals surface area (Å²) >= 11 is 0. The van der Waals surface area contributed by atoms with Crippen LogP contribution >= 0.6 is 0 Å². The Kier molecular flexibility index (Phi) is 4.20. The van der Waals surface area contributed by atoms with Crippen LogP contribution in [0.3, 0.4) is 0 Å². The summed E-state index contributed by atoms with van der Waals surface area (Å²) in [6.45, 7) is 9.00. The van der Waals surface area contributed by atoms with Crippen LogP contribution in [0.5, 0.6) is 0 Å². The zero-order valence-corrected chi connectivity index (χ0v) is 14.9. The van der Waals surface area contributed by atoms with Crippen molar-refractivity contribution in [1.29, 1.82) is 0 Å². The van der Waals surface area contributed by atoms with Crippen molar-refractivity contribution in [2.45, 2.75) is 72.5 Å². The highest BCUT2D eigenvalue weighted by molar-refractivity contribution is 5.91. The monoisotopic (exact) mass is 318 g/mol. The molecule has 1 heterocycles. The van der Waals surface area contributed by atoms with Crippen LogP contribution in [0.15, 0.2) is 23.3 Å². The van der Waals surface area contributed by atoms with E-state index in [1.165, 1.54) is 24.8 Å². The number of cyclic esters (lactones) is 1. The van der Waals surface area contributed by atoms with Crippen LogP contribution in [0, 0.1) is 22.7 Å². The summed E-state index contributed by atoms with van der Waals surface area (Å²) in [4.78, 5) is 12.0. The second-order valence-corrected chi connectivity index (χ2v) is 8.55. The lowest BCUT2D eigenvalue weighted by atomic mass is 9.47. The molecule has 0 aromatic carbocycles. The van der Waals surface area contributed by atoms with Gasteiger partial charge in [-0.05, 0) is 62.7 Å². The summed E-state index contributed by atoms with van der Waals surface area (Å²) in [6.07, 6.45) is 10.2. The van der Waals surface area contributed by atoms with Gasteiger partial charge < -0.3 is 9.84 Å². The molecule has 1 aliphatic heterocycles. The van der Waals surface area contributed by atoms with Gasteiger partial charge in [-0.2, -0.15) is 0 Å². The molecule has 0 radical (unpaired) electrons. The molecule has 3 aliphatic rings. The maximum Gasteiger partial charge on any atom is 0.336 e. The number of rotatable bonds is 3. The highest BCUT2D eigenvalue weighted by Crippen LogP contribution is 2.63. The fraction of sp³-hybridized carbons (Fsp3) is 0.750. The van der Waals surface area contributed by atoms with E-state index >= 15 is 0 Å². The third-order valence-electron chi connectivity index (χ3n) is 6.74. The number of esters is 1. The van der Waals surface area contributed by atoms with Crippen LogP contribution in [0.25, 0.3) is 0 Å². The zero-order valence-electron chi connectivity index (χ0n) is 14.9. The van der Waals surface area contributed by atoms with E-state index < -0.39 is 6.29 Å². The van der Waals surface area contributed by atoms with Gasteiger partial charge in [0.25, 0.3) is 0 Å². The lowest BCUT2D eigenvalue weighted by Gasteiger charge is -2.56. The minimum atomic E-state index is -0.957. The molecule has 3 heteroatoms. The lowest BCUT2D eigenvalue weighted by Crippen LogP contribution is -2.51. The summed E-state index contributed by atoms with van der Waals surface area (Å²) in [7, 11) is 0. The maximum absolute atomic E-state index is 12.0. The Bertz CT molecular complexity index is 557. The van der Waals surface area contributed by atoms with E-state index in [9.17, 15) is 9.90 Å². The molecule has 2 fully saturated rings. The van der Waals surface area contributed by atoms with E-state index in [-0.39, 0.29) is 22.7 Å². The predicted molar refractivity (Wildman–Crippen MR) is 90.5 cm³/mol. The smallest absolute Gasteiger partial charge is 0.336 e. The van der Waals surface area contributed by atoms with Crippen LogP contribution in [-0.4, -0.2) is 17.4 Å². The molecule has 0 amide bonds. The van der Waals surface area contributed by atoms with Crippen molar-refractivity contribution in [1.82, 2.24) is 0 Å². The zero-order chi connectivity index (χ0) is 16.8. The van der Waals surface area contributed by atoms with E-state index in [1.807, 2.05) is 0 Å². The van der Waals surface area contributed by atoms with Crippen LogP contribution in [-0.2, 0) is 9.53 Å². The molecule has 5 atom stereocenters. The molecule has 2 aliphatic carbocycles. The first-order valence-electron chi connectivity index (χ1n) is 9.00. The topological polar surface area (TPSA) is 46.5 Å². The summed E-state index contributed by atoms with van der Waals surface area (Å²) in [5, 5.41) is 10.3. The highest BCUT2D eigenvalue weighted by Gasteiger charge is 2.59. The van der Waals surface area contributed by atoms with Crippen LogP contribution in [0.4, 0.5) is 0 Å². The number of aliphatic hydroxyl groups is 1. The third kappa shape index (κ3) is 2.67. The maximum atomic E-state index is 12.0. The summed E-state index contributed by atoms with van der Waals surface area (Å²) in [5.74, 6) is 0.0584. The van der Waals surface area contributed by atoms with Gasteiger partial charge in [0.1, 0.15) is 0 Å². The predicted octanol–water partition coefficient (Wildman–Crippen LogP) is 4.37. The fourth-order valence-corrected chi connectivity index (χ4v) is 5.60. The van der Waals surface area contributed by atoms with E-state index in [4.69, 9.17) is 4.74 Å². The molecular formula is C20H30O3. The van der Waals surface area contributed by atoms with Gasteiger partial charge in [-0.3, -0.25) is 0 Å². The van der Waals surface area contributed by atoms with E-state index in [0.717, 1.165) is 24.8 Å². The molecule has 23 heavy (non-hydrogen) atoms. The van der Waals surface area contributed by atoms with E-state index in [2.05, 4.69) is 39.8 Å². The number of fused-ring (bicyclic) bond motifs is 3. The largest absolute Gasteiger partial charge is 0.432 e. The number of aliphatic hydroxyl groups excluding tert-OH is 1. The summed E-state index contributed by atoms with van der Waals surface area (Å²) in [6, 6.07) is 0. The Morgan fingerprint density at radius 1 is 1.39 bits per heavy atom. The van der Waals surface area contributed by atoms with Gasteiger partial charge in [0.15, 0.2) is 0 Å². The van der Waals surface area contributed by atoms with Crippen molar-refractivity contribution in [3.63, 3.8) is 0 Å². The van der Waals surface area contributed by atoms with E-state index in [0.29, 0.717) is 5.92 Å². The Morgan fingerprint density at radius 2 is 2.13 bits per heavy atom. The number of hydrogen-bond donors (Lipinski definition) is 1. The van der Waals surface area contributed by atoms with Gasteiger partial charge in [0.2, 0.25) is 6.29 Å². The first kappa shape index (κ1) is 16.8. The fourth-order valence-electron chi connectivity index (χ4n) is 5.60. The normalized spacial score (nSPS) is 42.4. The first-order valence-corrected chi connectivity index (χ1v) is 9.00. The van der Waals surface area contributed by atoms with Gasteiger partial charge in [-0.15, -0.1) is 0 Å². The first-order chi connectivity index (χ1) is 10.8. The van der Waals surface area contributed by atoms with Crippen molar-refractivity contribution in [3.05, 3.63) is 23.3 Å². The Hall–Kier alpha value is -1.09. The third-order valence-corrected chi connectivity index (χ3v) is 6.74. The van der Waals surface area contributed by atoms with Gasteiger partial charge >= 0.3 is 5.97 Å². The molecule has 0 aromatic heterocycles. The van der Waals surface area contributed by atoms with Crippen LogP contribution < -0.4 is 0 Å². The second kappa shape index (κ2) is 5.77. The molecule has 3 rings (SSSR count). The van der Waals surface area contributed by atoms with E-state index in [1.54, 1.807) is 0 Å². The van der Waals surface area contributed by atoms with Gasteiger partial charge in [0.05, 0.1) is 5.92 Å². The van der Waals surface area contributed by atoms with Gasteiger partial charge in [-0.25, -0.2) is 4.79 Å². The minimum absolute atomic E-state index is 0.0341. The number of hydrogen-bond acceptors (Lipinski definition) is 3. The molecule has 3 nitrogen and oxygen atoms in total. The lowest BCUT2D eigenvalue weighted by molar-refractivity contribution is -0.166. The molecule has 128 valence electrons. The number of ether oxygens (including phenoxy) is 1. The average Bonchev–Trinajstić information content (AvgIpc) is 2.74. The SMILES string of the molecule is CC(C)=CCCC1(C)CCCC2(C)C3C(=CCC12)C(=O)OC3O. The molecule has 0 bridgehead atoms. The van der Waals surface area contributed by atoms with Crippen molar-refractivity contribution in [3.8, 4) is 0 Å². The molecule has 1 saturated heterocycles. The highest BCUT2D eigenvalue weighted by atomic mass is 16.6. The Balaban J connectivity index is 1.90. The van der Waals surface area contributed by atoms with Crippen molar-refractivity contribution in [2.24, 2.45) is 22.7 Å². The Morgan fingerprint density at radius 3 is 2.83 bits per heavy atom. The quantitative estimate of drug-likeness (QED) is 0.621. The molecule has 0 spiro atoms. The van der Waals surface area contributed by atoms with Crippen LogP contribution in [0.1, 0.15) is 66.2 Å². The molecule has 1 saturated carbocycles. The molecule has 0 aromatic rings. The summed E-state index contributed by atoms with van der Waals surface area (Å²) in [5.41, 5.74) is 2.34. The van der Waals surface area contributed by atoms with Crippen molar-refractivity contribution < 1.29 is 14.6 Å². The molecule has 5 unspecified atom stereocenters. The van der Waals surface area contributed by atoms with Gasteiger partial charge in [-0.1, -0.05) is 38.0 Å². The number of carbonyl (C=O) groups excluding carboxylic acids is 1. The average molecular weight is 318 g/mol. The van der Waals surface area contributed by atoms with Crippen LogP contribution in [0.2, 0.25) is 0 Å². The Labute approximate surface area is 139 Å².